The van der Waals surface area contributed by atoms with Crippen molar-refractivity contribution in [3.63, 3.8) is 0 Å². The van der Waals surface area contributed by atoms with Gasteiger partial charge in [0.25, 0.3) is 0 Å². The van der Waals surface area contributed by atoms with Crippen LogP contribution in [0.1, 0.15) is 54.2 Å². The molecule has 0 aromatic carbocycles. The van der Waals surface area contributed by atoms with Gasteiger partial charge in [-0.15, -0.1) is 12.8 Å². The summed E-state index contributed by atoms with van der Waals surface area (Å²) in [7, 11) is 0. The van der Waals surface area contributed by atoms with Crippen LogP contribution in [0.25, 0.3) is 0 Å². The van der Waals surface area contributed by atoms with E-state index in [1.165, 1.54) is 44.1 Å². The van der Waals surface area contributed by atoms with Gasteiger partial charge in [0.2, 0.25) is 0 Å². The van der Waals surface area contributed by atoms with Crippen molar-refractivity contribution in [1.82, 2.24) is 0 Å². The number of hydrogen-bond donors (Lipinski definition) is 0. The van der Waals surface area contributed by atoms with Crippen molar-refractivity contribution in [3.8, 4) is 0 Å². The average Bonchev–Trinajstić information content (AvgIpc) is 3.06. The molecule has 0 N–H and O–H groups in total. The summed E-state index contributed by atoms with van der Waals surface area (Å²) in [5.41, 5.74) is 1.47. The van der Waals surface area contributed by atoms with E-state index in [4.69, 9.17) is 0 Å². The minimum atomic E-state index is 0. The molecule has 0 atom stereocenters. The predicted octanol–water partition coefficient (Wildman–Crippen LogP) is 5.17. The summed E-state index contributed by atoms with van der Waals surface area (Å²) in [4.78, 5) is 0. The number of hydrogen-bond acceptors (Lipinski definition) is 0. The molecule has 1 saturated carbocycles. The van der Waals surface area contributed by atoms with E-state index in [1.807, 2.05) is 12.2 Å². The maximum absolute atomic E-state index is 3.41. The molecule has 0 nitrogen and oxygen atoms in total. The van der Waals surface area contributed by atoms with Crippen molar-refractivity contribution >= 4 is 0 Å². The van der Waals surface area contributed by atoms with Gasteiger partial charge in [0, 0.05) is 25.8 Å². The fourth-order valence-corrected chi connectivity index (χ4v) is 2.63. The zero-order valence-corrected chi connectivity index (χ0v) is 14.7. The minimum absolute atomic E-state index is 0. The van der Waals surface area contributed by atoms with Crippen LogP contribution in [-0.2, 0) is 25.8 Å². The van der Waals surface area contributed by atoms with Crippen LogP contribution < -0.4 is 0 Å². The Bertz CT molecular complexity index is 327. The molecule has 0 aliphatic heterocycles. The average molecular weight is 407 g/mol. The summed E-state index contributed by atoms with van der Waals surface area (Å²) < 4.78 is 0. The van der Waals surface area contributed by atoms with Gasteiger partial charge in [-0.25, -0.2) is 23.8 Å². The van der Waals surface area contributed by atoms with E-state index in [0.29, 0.717) is 0 Å². The molecule has 0 amide bonds. The quantitative estimate of drug-likeness (QED) is 0.438. The van der Waals surface area contributed by atoms with Crippen molar-refractivity contribution in [2.24, 2.45) is 5.92 Å². The van der Waals surface area contributed by atoms with E-state index < -0.39 is 0 Å². The van der Waals surface area contributed by atoms with E-state index in [2.05, 4.69) is 30.4 Å². The molecule has 3 aliphatic carbocycles. The second-order valence-electron chi connectivity index (χ2n) is 5.02. The smallest absolute Gasteiger partial charge is 0 e. The van der Waals surface area contributed by atoms with Gasteiger partial charge in [0.05, 0.1) is 0 Å². The Labute approximate surface area is 134 Å². The van der Waals surface area contributed by atoms with E-state index >= 15 is 0 Å². The molecule has 18 heavy (non-hydrogen) atoms. The summed E-state index contributed by atoms with van der Waals surface area (Å²) in [6.45, 7) is 0. The van der Waals surface area contributed by atoms with E-state index in [-0.39, 0.29) is 28.7 Å². The molecular formula is C17H24Hf-4. The van der Waals surface area contributed by atoms with Crippen LogP contribution in [0.5, 0.6) is 0 Å². The van der Waals surface area contributed by atoms with Gasteiger partial charge in [0.15, 0.2) is 0 Å². The second kappa shape index (κ2) is 9.72. The summed E-state index contributed by atoms with van der Waals surface area (Å²) in [6, 6.07) is 0. The predicted molar refractivity (Wildman–Crippen MR) is 75.5 cm³/mol. The van der Waals surface area contributed by atoms with Gasteiger partial charge in [0.1, 0.15) is 0 Å². The van der Waals surface area contributed by atoms with E-state index in [1.54, 1.807) is 0 Å². The molecule has 0 aromatic heterocycles. The van der Waals surface area contributed by atoms with Crippen LogP contribution in [0.2, 0.25) is 0 Å². The molecular weight excluding hydrogens is 383 g/mol. The van der Waals surface area contributed by atoms with Crippen molar-refractivity contribution in [2.75, 3.05) is 0 Å². The Balaban J connectivity index is 0. The van der Waals surface area contributed by atoms with Crippen molar-refractivity contribution in [3.05, 3.63) is 48.1 Å². The van der Waals surface area contributed by atoms with Crippen molar-refractivity contribution in [2.45, 2.75) is 51.4 Å². The first-order chi connectivity index (χ1) is 8.45. The largest absolute Gasteiger partial charge is 1.00 e. The van der Waals surface area contributed by atoms with Crippen LogP contribution in [0, 0.1) is 18.1 Å². The fourth-order valence-electron chi connectivity index (χ4n) is 2.63. The standard InChI is InChI=1S/C12H17.C5H5.Hf.2H/c1-2-6-11(7-3-1)10-12-8-4-5-9-12;1-2-4-5-3-1;;;/h4,8,11H,1-3,5-7,10H2;1-3H,4H2;;;/q2*-1;;2*-1. The first-order valence-electron chi connectivity index (χ1n) is 6.93. The molecule has 0 heterocycles. The Morgan fingerprint density at radius 1 is 1.11 bits per heavy atom. The number of allylic oxidation sites excluding steroid dienone is 8. The third-order valence-electron chi connectivity index (χ3n) is 3.59. The zero-order valence-electron chi connectivity index (χ0n) is 13.1. The Kier molecular flexibility index (Phi) is 8.58. The summed E-state index contributed by atoms with van der Waals surface area (Å²) in [5, 5.41) is 0. The summed E-state index contributed by atoms with van der Waals surface area (Å²) in [6.07, 6.45) is 27.6. The fraction of sp³-hybridized carbons (Fsp3) is 0.529. The monoisotopic (exact) mass is 408 g/mol. The van der Waals surface area contributed by atoms with E-state index in [9.17, 15) is 0 Å². The Morgan fingerprint density at radius 3 is 2.44 bits per heavy atom. The van der Waals surface area contributed by atoms with Crippen LogP contribution in [0.4, 0.5) is 0 Å². The third kappa shape index (κ3) is 6.13. The van der Waals surface area contributed by atoms with Crippen LogP contribution >= 0.6 is 0 Å². The van der Waals surface area contributed by atoms with Gasteiger partial charge in [-0.2, -0.15) is 12.2 Å². The normalized spacial score (nSPS) is 21.2. The molecule has 0 unspecified atom stereocenters. The minimum Gasteiger partial charge on any atom is -1.00 e. The molecule has 1 fully saturated rings. The van der Waals surface area contributed by atoms with Gasteiger partial charge in [-0.3, -0.25) is 12.2 Å². The number of rotatable bonds is 2. The Morgan fingerprint density at radius 2 is 1.94 bits per heavy atom. The Hall–Kier alpha value is -0.170. The molecule has 100 valence electrons. The molecule has 0 saturated heterocycles. The molecule has 0 spiro atoms. The molecule has 0 aromatic rings. The van der Waals surface area contributed by atoms with Crippen molar-refractivity contribution in [1.29, 1.82) is 0 Å². The second-order valence-corrected chi connectivity index (χ2v) is 5.02. The molecule has 3 rings (SSSR count). The molecule has 0 radical (unpaired) electrons. The first kappa shape index (κ1) is 15.9. The van der Waals surface area contributed by atoms with Crippen LogP contribution in [0.3, 0.4) is 0 Å². The topological polar surface area (TPSA) is 0 Å². The van der Waals surface area contributed by atoms with E-state index in [0.717, 1.165) is 18.8 Å². The van der Waals surface area contributed by atoms with Crippen LogP contribution in [-0.4, -0.2) is 0 Å². The van der Waals surface area contributed by atoms with Gasteiger partial charge in [-0.1, -0.05) is 38.5 Å². The SMILES string of the molecule is [C-]1=C(CC2CCCCC2)C=CC1.[C-]1=CC=CC1.[H-].[H-].[Hf]. The zero-order chi connectivity index (χ0) is 11.8. The van der Waals surface area contributed by atoms with Gasteiger partial charge in [-0.05, 0) is 5.92 Å². The van der Waals surface area contributed by atoms with Gasteiger partial charge < -0.3 is 2.85 Å². The summed E-state index contributed by atoms with van der Waals surface area (Å²) >= 11 is 0. The third-order valence-corrected chi connectivity index (χ3v) is 3.59. The first-order valence-corrected chi connectivity index (χ1v) is 6.93. The maximum Gasteiger partial charge on any atom is 0 e. The van der Waals surface area contributed by atoms with Crippen molar-refractivity contribution < 1.29 is 28.7 Å². The molecule has 0 bridgehead atoms. The molecule has 3 aliphatic rings. The van der Waals surface area contributed by atoms with Crippen LogP contribution in [0.15, 0.2) is 36.0 Å². The van der Waals surface area contributed by atoms with Gasteiger partial charge >= 0.3 is 0 Å². The summed E-state index contributed by atoms with van der Waals surface area (Å²) in [5.74, 6) is 0.976. The molecule has 1 heteroatoms. The maximum atomic E-state index is 3.41.